The number of hydrogen-bond donors (Lipinski definition) is 0. The Bertz CT molecular complexity index is 1200. The molecule has 0 saturated heterocycles. The van der Waals surface area contributed by atoms with Crippen molar-refractivity contribution in [3.8, 4) is 11.5 Å². The van der Waals surface area contributed by atoms with Gasteiger partial charge in [-0.1, -0.05) is 97.1 Å². The summed E-state index contributed by atoms with van der Waals surface area (Å²) in [5.41, 5.74) is -0.513. The normalized spacial score (nSPS) is 13.2. The summed E-state index contributed by atoms with van der Waals surface area (Å²) in [6.45, 7) is 12.7. The van der Waals surface area contributed by atoms with E-state index in [0.717, 1.165) is 23.8 Å². The number of hydrogen-bond acceptors (Lipinski definition) is 2. The zero-order chi connectivity index (χ0) is 27.2. The van der Waals surface area contributed by atoms with Crippen molar-refractivity contribution < 1.29 is 29.0 Å². The van der Waals surface area contributed by atoms with Gasteiger partial charge in [0.25, 0.3) is 0 Å². The first kappa shape index (κ1) is 31.5. The van der Waals surface area contributed by atoms with Crippen molar-refractivity contribution in [1.82, 2.24) is 0 Å². The van der Waals surface area contributed by atoms with E-state index in [9.17, 15) is 0 Å². The van der Waals surface area contributed by atoms with Gasteiger partial charge in [0.05, 0.1) is 0 Å². The first-order chi connectivity index (χ1) is 18.1. The van der Waals surface area contributed by atoms with E-state index >= 15 is 0 Å². The first-order valence-corrected chi connectivity index (χ1v) is 16.4. The molecule has 4 aromatic rings. The maximum absolute atomic E-state index is 6.49. The minimum atomic E-state index is -0.624. The molecule has 0 bridgehead atoms. The molecule has 2 atom stereocenters. The van der Waals surface area contributed by atoms with Crippen molar-refractivity contribution >= 4 is 37.1 Å². The van der Waals surface area contributed by atoms with Crippen molar-refractivity contribution in [2.75, 3.05) is 12.3 Å². The van der Waals surface area contributed by atoms with Crippen LogP contribution in [-0.2, 0) is 19.5 Å². The van der Waals surface area contributed by atoms with E-state index in [1.165, 1.54) is 21.2 Å². The van der Waals surface area contributed by atoms with E-state index in [2.05, 4.69) is 151 Å². The van der Waals surface area contributed by atoms with Crippen LogP contribution in [-0.4, -0.2) is 23.5 Å². The zero-order valence-electron chi connectivity index (χ0n) is 23.9. The quantitative estimate of drug-likeness (QED) is 0.138. The van der Waals surface area contributed by atoms with Gasteiger partial charge < -0.3 is 9.47 Å². The summed E-state index contributed by atoms with van der Waals surface area (Å²) in [7, 11) is -1.25. The molecule has 0 aliphatic heterocycles. The molecular weight excluding hydrogens is 605 g/mol. The Morgan fingerprint density at radius 2 is 0.769 bits per heavy atom. The standard InChI is InChI=1S/C34H40O2P2.Rh/c1-33(2,3)35-29-21-13-15-23-31(29)37(27-17-9-7-10-18-27)25-26-38(28-19-11-8-12-20-28)32-24-16-14-22-30(32)36-34(4,5)6;/h7-24H,25-26H2,1-6H3;. The monoisotopic (exact) mass is 645 g/mol. The largest absolute Gasteiger partial charge is 0.487 e. The molecule has 0 aliphatic rings. The number of rotatable bonds is 9. The van der Waals surface area contributed by atoms with E-state index < -0.39 is 15.8 Å². The molecule has 0 aromatic heterocycles. The van der Waals surface area contributed by atoms with E-state index in [0.29, 0.717) is 0 Å². The van der Waals surface area contributed by atoms with Crippen LogP contribution in [0.2, 0.25) is 0 Å². The molecule has 4 rings (SSSR count). The van der Waals surface area contributed by atoms with Crippen LogP contribution in [0.4, 0.5) is 0 Å². The van der Waals surface area contributed by atoms with Crippen LogP contribution in [0.3, 0.4) is 0 Å². The Hall–Kier alpha value is -2.04. The number of ether oxygens (including phenoxy) is 2. The second kappa shape index (κ2) is 14.0. The topological polar surface area (TPSA) is 18.5 Å². The molecule has 0 fully saturated rings. The Morgan fingerprint density at radius 3 is 1.10 bits per heavy atom. The van der Waals surface area contributed by atoms with E-state index in [1.54, 1.807) is 0 Å². The van der Waals surface area contributed by atoms with Crippen LogP contribution in [0.15, 0.2) is 109 Å². The third kappa shape index (κ3) is 9.25. The van der Waals surface area contributed by atoms with Gasteiger partial charge in [-0.25, -0.2) is 0 Å². The van der Waals surface area contributed by atoms with Crippen LogP contribution in [0.25, 0.3) is 0 Å². The SMILES string of the molecule is CC(C)(C)Oc1ccccc1P(CCP(c1ccccc1)c1ccccc1OC(C)(C)C)c1ccccc1.[Rh]. The predicted molar refractivity (Wildman–Crippen MR) is 169 cm³/mol. The summed E-state index contributed by atoms with van der Waals surface area (Å²) in [5.74, 6) is 1.99. The van der Waals surface area contributed by atoms with Gasteiger partial charge in [-0.05, 0) is 92.5 Å². The molecule has 0 aliphatic carbocycles. The maximum atomic E-state index is 6.49. The summed E-state index contributed by atoms with van der Waals surface area (Å²) in [4.78, 5) is 0. The Labute approximate surface area is 250 Å². The first-order valence-electron chi connectivity index (χ1n) is 13.3. The minimum absolute atomic E-state index is 0. The van der Waals surface area contributed by atoms with E-state index in [-0.39, 0.29) is 30.7 Å². The number of benzene rings is 4. The average molecular weight is 646 g/mol. The van der Waals surface area contributed by atoms with Crippen LogP contribution in [0, 0.1) is 0 Å². The predicted octanol–water partition coefficient (Wildman–Crippen LogP) is 7.60. The third-order valence-corrected chi connectivity index (χ3v) is 11.3. The number of para-hydroxylation sites is 2. The molecule has 0 heterocycles. The third-order valence-electron chi connectivity index (χ3n) is 5.83. The van der Waals surface area contributed by atoms with Gasteiger partial charge >= 0.3 is 0 Å². The fourth-order valence-electron chi connectivity index (χ4n) is 4.39. The summed E-state index contributed by atoms with van der Waals surface area (Å²) in [6, 6.07) is 39.2. The van der Waals surface area contributed by atoms with Gasteiger partial charge in [0.15, 0.2) is 0 Å². The Morgan fingerprint density at radius 1 is 0.462 bits per heavy atom. The van der Waals surface area contributed by atoms with Crippen molar-refractivity contribution in [3.05, 3.63) is 109 Å². The van der Waals surface area contributed by atoms with Crippen LogP contribution in [0.5, 0.6) is 11.5 Å². The Kier molecular flexibility index (Phi) is 11.3. The van der Waals surface area contributed by atoms with Gasteiger partial charge in [-0.15, -0.1) is 0 Å². The smallest absolute Gasteiger partial charge is 0.128 e. The van der Waals surface area contributed by atoms with Gasteiger partial charge in [0.1, 0.15) is 22.7 Å². The Balaban J connectivity index is 0.00000420. The molecule has 1 radical (unpaired) electrons. The molecule has 0 amide bonds. The van der Waals surface area contributed by atoms with Gasteiger partial charge in [0.2, 0.25) is 0 Å². The molecule has 0 saturated carbocycles. The molecule has 5 heteroatoms. The fourth-order valence-corrected chi connectivity index (χ4v) is 9.91. The molecular formula is C34H40O2P2Rh. The summed E-state index contributed by atoms with van der Waals surface area (Å²) in [5, 5.41) is 5.39. The second-order valence-electron chi connectivity index (χ2n) is 11.3. The van der Waals surface area contributed by atoms with Crippen molar-refractivity contribution in [2.45, 2.75) is 52.7 Å². The molecule has 2 unspecified atom stereocenters. The second-order valence-corrected chi connectivity index (χ2v) is 15.9. The van der Waals surface area contributed by atoms with Crippen molar-refractivity contribution in [1.29, 1.82) is 0 Å². The fraction of sp³-hybridized carbons (Fsp3) is 0.294. The van der Waals surface area contributed by atoms with Gasteiger partial charge in [0, 0.05) is 30.1 Å². The van der Waals surface area contributed by atoms with Crippen molar-refractivity contribution in [2.24, 2.45) is 0 Å². The van der Waals surface area contributed by atoms with Crippen molar-refractivity contribution in [3.63, 3.8) is 0 Å². The summed E-state index contributed by atoms with van der Waals surface area (Å²) < 4.78 is 13.0. The molecule has 0 spiro atoms. The van der Waals surface area contributed by atoms with E-state index in [4.69, 9.17) is 9.47 Å². The average Bonchev–Trinajstić information content (AvgIpc) is 2.87. The summed E-state index contributed by atoms with van der Waals surface area (Å²) in [6.07, 6.45) is 2.13. The molecule has 2 nitrogen and oxygen atoms in total. The van der Waals surface area contributed by atoms with Crippen LogP contribution in [0.1, 0.15) is 41.5 Å². The van der Waals surface area contributed by atoms with E-state index in [1.807, 2.05) is 0 Å². The summed E-state index contributed by atoms with van der Waals surface area (Å²) >= 11 is 0. The maximum Gasteiger partial charge on any atom is 0.128 e. The van der Waals surface area contributed by atoms with Gasteiger partial charge in [-0.3, -0.25) is 0 Å². The zero-order valence-corrected chi connectivity index (χ0v) is 27.3. The minimum Gasteiger partial charge on any atom is -0.487 e. The molecule has 39 heavy (non-hydrogen) atoms. The molecule has 0 N–H and O–H groups in total. The molecule has 4 aromatic carbocycles. The van der Waals surface area contributed by atoms with Crippen LogP contribution < -0.4 is 30.7 Å². The van der Waals surface area contributed by atoms with Crippen LogP contribution >= 0.6 is 15.8 Å². The molecule has 207 valence electrons. The van der Waals surface area contributed by atoms with Gasteiger partial charge in [-0.2, -0.15) is 0 Å².